The average molecular weight is 354 g/mol. The molecule has 26 heavy (non-hydrogen) atoms. The van der Waals surface area contributed by atoms with Crippen molar-refractivity contribution >= 4 is 23.3 Å². The summed E-state index contributed by atoms with van der Waals surface area (Å²) in [5.41, 5.74) is 0.591. The van der Waals surface area contributed by atoms with Crippen LogP contribution in [0.25, 0.3) is 0 Å². The molecule has 3 rings (SSSR count). The number of carbonyl (C=O) groups excluding carboxylic acids is 3. The van der Waals surface area contributed by atoms with E-state index in [1.165, 1.54) is 4.90 Å². The molecule has 0 aromatic heterocycles. The van der Waals surface area contributed by atoms with Gasteiger partial charge in [0.05, 0.1) is 12.0 Å². The molecule has 136 valence electrons. The summed E-state index contributed by atoms with van der Waals surface area (Å²) in [6.07, 6.45) is 3.80. The van der Waals surface area contributed by atoms with Crippen molar-refractivity contribution in [3.05, 3.63) is 30.3 Å². The Morgan fingerprint density at radius 2 is 1.81 bits per heavy atom. The third-order valence-corrected chi connectivity index (χ3v) is 5.32. The minimum absolute atomic E-state index is 0.0323. The molecule has 2 saturated carbocycles. The molecule has 1 aromatic rings. The number of esters is 1. The van der Waals surface area contributed by atoms with Crippen molar-refractivity contribution in [2.24, 2.45) is 17.8 Å². The SMILES string of the molecule is N#CCN(C(=O)COC(=O)C1C[C@H]2CCC[C@@H](C1)C2=O)c1ccccc1. The van der Waals surface area contributed by atoms with E-state index in [0.717, 1.165) is 19.3 Å². The van der Waals surface area contributed by atoms with Gasteiger partial charge in [0, 0.05) is 17.5 Å². The molecule has 2 bridgehead atoms. The number of hydrogen-bond donors (Lipinski definition) is 0. The van der Waals surface area contributed by atoms with Crippen LogP contribution in [0.4, 0.5) is 5.69 Å². The average Bonchev–Trinajstić information content (AvgIpc) is 2.64. The molecule has 0 radical (unpaired) electrons. The van der Waals surface area contributed by atoms with E-state index in [1.807, 2.05) is 12.1 Å². The van der Waals surface area contributed by atoms with E-state index in [0.29, 0.717) is 24.3 Å². The Morgan fingerprint density at radius 1 is 1.15 bits per heavy atom. The highest BCUT2D eigenvalue weighted by atomic mass is 16.5. The van der Waals surface area contributed by atoms with E-state index in [2.05, 4.69) is 0 Å². The van der Waals surface area contributed by atoms with Gasteiger partial charge in [0.2, 0.25) is 0 Å². The second-order valence-electron chi connectivity index (χ2n) is 6.98. The Hall–Kier alpha value is -2.68. The molecule has 1 unspecified atom stereocenters. The maximum atomic E-state index is 12.4. The molecule has 6 heteroatoms. The standard InChI is InChI=1S/C20H22N2O4/c21-9-10-22(17-7-2-1-3-8-17)18(23)13-26-20(25)16-11-14-5-4-6-15(12-16)19(14)24/h1-3,7-8,14-16H,4-6,10-13H2/t14-,15+,16?. The van der Waals surface area contributed by atoms with Crippen LogP contribution in [-0.4, -0.2) is 30.8 Å². The highest BCUT2D eigenvalue weighted by Crippen LogP contribution is 2.40. The van der Waals surface area contributed by atoms with Crippen LogP contribution >= 0.6 is 0 Å². The highest BCUT2D eigenvalue weighted by molar-refractivity contribution is 5.95. The van der Waals surface area contributed by atoms with Gasteiger partial charge < -0.3 is 4.74 Å². The summed E-state index contributed by atoms with van der Waals surface area (Å²) >= 11 is 0. The summed E-state index contributed by atoms with van der Waals surface area (Å²) < 4.78 is 5.24. The molecule has 0 aliphatic heterocycles. The second kappa shape index (κ2) is 8.13. The Morgan fingerprint density at radius 3 is 2.42 bits per heavy atom. The molecule has 1 amide bonds. The molecule has 0 spiro atoms. The fourth-order valence-corrected chi connectivity index (χ4v) is 4.00. The van der Waals surface area contributed by atoms with Crippen molar-refractivity contribution in [3.63, 3.8) is 0 Å². The Kier molecular flexibility index (Phi) is 5.67. The largest absolute Gasteiger partial charge is 0.455 e. The molecule has 0 N–H and O–H groups in total. The van der Waals surface area contributed by atoms with Crippen LogP contribution in [0.5, 0.6) is 0 Å². The molecule has 2 aliphatic carbocycles. The van der Waals surface area contributed by atoms with Crippen LogP contribution in [0.2, 0.25) is 0 Å². The van der Waals surface area contributed by atoms with E-state index in [4.69, 9.17) is 10.00 Å². The first-order chi connectivity index (χ1) is 12.6. The fraction of sp³-hybridized carbons (Fsp3) is 0.500. The number of benzene rings is 1. The first kappa shape index (κ1) is 18.1. The topological polar surface area (TPSA) is 87.5 Å². The lowest BCUT2D eigenvalue weighted by atomic mass is 9.67. The van der Waals surface area contributed by atoms with Crippen molar-refractivity contribution in [1.82, 2.24) is 0 Å². The number of nitrogens with zero attached hydrogens (tertiary/aromatic N) is 2. The van der Waals surface area contributed by atoms with Crippen LogP contribution in [0.1, 0.15) is 32.1 Å². The number of rotatable bonds is 5. The van der Waals surface area contributed by atoms with Crippen molar-refractivity contribution in [2.45, 2.75) is 32.1 Å². The van der Waals surface area contributed by atoms with Crippen molar-refractivity contribution in [2.75, 3.05) is 18.1 Å². The summed E-state index contributed by atoms with van der Waals surface area (Å²) in [4.78, 5) is 38.2. The van der Waals surface area contributed by atoms with Crippen molar-refractivity contribution in [3.8, 4) is 6.07 Å². The fourth-order valence-electron chi connectivity index (χ4n) is 4.00. The monoisotopic (exact) mass is 354 g/mol. The third kappa shape index (κ3) is 3.93. The van der Waals surface area contributed by atoms with Crippen LogP contribution in [-0.2, 0) is 19.1 Å². The Bertz CT molecular complexity index is 709. The number of hydrogen-bond acceptors (Lipinski definition) is 5. The highest BCUT2D eigenvalue weighted by Gasteiger charge is 2.42. The number of carbonyl (C=O) groups is 3. The van der Waals surface area contributed by atoms with Crippen molar-refractivity contribution in [1.29, 1.82) is 5.26 Å². The molecular formula is C20H22N2O4. The van der Waals surface area contributed by atoms with Gasteiger partial charge in [0.1, 0.15) is 12.3 Å². The van der Waals surface area contributed by atoms with Gasteiger partial charge in [-0.15, -0.1) is 0 Å². The lowest BCUT2D eigenvalue weighted by molar-refractivity contribution is -0.156. The smallest absolute Gasteiger partial charge is 0.309 e. The summed E-state index contributed by atoms with van der Waals surface area (Å²) in [6.45, 7) is -0.502. The molecule has 1 aromatic carbocycles. The zero-order valence-electron chi connectivity index (χ0n) is 14.6. The zero-order valence-corrected chi connectivity index (χ0v) is 14.6. The van der Waals surface area contributed by atoms with Gasteiger partial charge in [0.15, 0.2) is 6.61 Å². The van der Waals surface area contributed by atoms with Gasteiger partial charge in [-0.25, -0.2) is 0 Å². The van der Waals surface area contributed by atoms with Gasteiger partial charge in [-0.1, -0.05) is 24.6 Å². The number of para-hydroxylation sites is 1. The van der Waals surface area contributed by atoms with E-state index in [1.54, 1.807) is 24.3 Å². The normalized spacial score (nSPS) is 24.4. The lowest BCUT2D eigenvalue weighted by Gasteiger charge is -2.36. The van der Waals surface area contributed by atoms with E-state index >= 15 is 0 Å². The van der Waals surface area contributed by atoms with Gasteiger partial charge in [-0.05, 0) is 37.8 Å². The summed E-state index contributed by atoms with van der Waals surface area (Å²) in [7, 11) is 0. The van der Waals surface area contributed by atoms with E-state index in [-0.39, 0.29) is 24.3 Å². The maximum absolute atomic E-state index is 12.4. The summed E-state index contributed by atoms with van der Waals surface area (Å²) in [5, 5.41) is 8.96. The van der Waals surface area contributed by atoms with Crippen molar-refractivity contribution < 1.29 is 19.1 Å². The molecule has 0 heterocycles. The first-order valence-electron chi connectivity index (χ1n) is 9.03. The zero-order chi connectivity index (χ0) is 18.5. The number of ketones is 1. The lowest BCUT2D eigenvalue weighted by Crippen LogP contribution is -2.40. The Labute approximate surface area is 152 Å². The molecule has 0 saturated heterocycles. The number of anilines is 1. The maximum Gasteiger partial charge on any atom is 0.309 e. The summed E-state index contributed by atoms with van der Waals surface area (Å²) in [6, 6.07) is 10.8. The minimum Gasteiger partial charge on any atom is -0.455 e. The predicted octanol–water partition coefficient (Wildman–Crippen LogP) is 2.48. The number of Topliss-reactive ketones (excluding diaryl/α,β-unsaturated/α-hetero) is 1. The molecular weight excluding hydrogens is 332 g/mol. The van der Waals surface area contributed by atoms with Crippen LogP contribution in [0.3, 0.4) is 0 Å². The molecule has 6 nitrogen and oxygen atoms in total. The minimum atomic E-state index is -0.432. The molecule has 2 fully saturated rings. The van der Waals surface area contributed by atoms with Crippen LogP contribution in [0.15, 0.2) is 30.3 Å². The quantitative estimate of drug-likeness (QED) is 0.599. The van der Waals surface area contributed by atoms with Gasteiger partial charge >= 0.3 is 5.97 Å². The first-order valence-corrected chi connectivity index (χ1v) is 9.03. The number of amides is 1. The van der Waals surface area contributed by atoms with Gasteiger partial charge in [0.25, 0.3) is 5.91 Å². The number of ether oxygens (including phenoxy) is 1. The third-order valence-electron chi connectivity index (χ3n) is 5.32. The summed E-state index contributed by atoms with van der Waals surface area (Å²) in [5.74, 6) is -0.922. The molecule has 2 aliphatic rings. The van der Waals surface area contributed by atoms with E-state index in [9.17, 15) is 14.4 Å². The molecule has 3 atom stereocenters. The second-order valence-corrected chi connectivity index (χ2v) is 6.98. The Balaban J connectivity index is 1.57. The van der Waals surface area contributed by atoms with Gasteiger partial charge in [-0.2, -0.15) is 5.26 Å². The van der Waals surface area contributed by atoms with E-state index < -0.39 is 18.5 Å². The number of nitriles is 1. The van der Waals surface area contributed by atoms with Gasteiger partial charge in [-0.3, -0.25) is 19.3 Å². The number of fused-ring (bicyclic) bond motifs is 2. The predicted molar refractivity (Wildman–Crippen MR) is 93.9 cm³/mol. The van der Waals surface area contributed by atoms with Crippen LogP contribution < -0.4 is 4.90 Å². The van der Waals surface area contributed by atoms with Crippen LogP contribution in [0, 0.1) is 29.1 Å².